The fourth-order valence-electron chi connectivity index (χ4n) is 4.27. The lowest BCUT2D eigenvalue weighted by molar-refractivity contribution is -0.167. The Kier molecular flexibility index (Phi) is 5.61. The number of fused-ring (bicyclic) bond motifs is 1. The van der Waals surface area contributed by atoms with Crippen molar-refractivity contribution in [1.29, 1.82) is 0 Å². The molecule has 2 aromatic rings. The zero-order valence-corrected chi connectivity index (χ0v) is 17.5. The van der Waals surface area contributed by atoms with Gasteiger partial charge in [0, 0.05) is 23.7 Å². The number of benzene rings is 1. The van der Waals surface area contributed by atoms with Gasteiger partial charge in [-0.2, -0.15) is 13.2 Å². The summed E-state index contributed by atoms with van der Waals surface area (Å²) in [7, 11) is 0. The highest BCUT2D eigenvalue weighted by molar-refractivity contribution is 6.30. The third-order valence-corrected chi connectivity index (χ3v) is 5.93. The molecule has 12 heteroatoms. The summed E-state index contributed by atoms with van der Waals surface area (Å²) < 4.78 is 43.4. The molecular weight excluding hydrogens is 465 g/mol. The predicted molar refractivity (Wildman–Crippen MR) is 108 cm³/mol. The van der Waals surface area contributed by atoms with E-state index in [2.05, 4.69) is 10.3 Å². The number of amides is 4. The van der Waals surface area contributed by atoms with Crippen LogP contribution in [0.4, 0.5) is 13.2 Å². The normalized spacial score (nSPS) is 21.6. The molecule has 0 bridgehead atoms. The molecular formula is C21H16ClF3N4O4. The number of pyridine rings is 1. The van der Waals surface area contributed by atoms with Gasteiger partial charge in [0.05, 0.1) is 16.8 Å². The minimum absolute atomic E-state index is 0.0957. The number of carbonyl (C=O) groups excluding carboxylic acids is 4. The minimum Gasteiger partial charge on any atom is -0.366 e. The van der Waals surface area contributed by atoms with E-state index in [1.54, 1.807) is 0 Å². The molecule has 1 saturated heterocycles. The van der Waals surface area contributed by atoms with Gasteiger partial charge >= 0.3 is 6.18 Å². The number of hydrogen-bond donors (Lipinski definition) is 2. The van der Waals surface area contributed by atoms with Gasteiger partial charge in [0.1, 0.15) is 12.0 Å². The number of hydrogen-bond acceptors (Lipinski definition) is 5. The Labute approximate surface area is 189 Å². The number of carbonyl (C=O) groups is 4. The largest absolute Gasteiger partial charge is 0.399 e. The SMILES string of the molecule is NC(=O)c1ccc2c(c1)C([C@H](c1ccc(Cl)cn1)C(F)(F)F)N(C1CCC(=O)NC1=O)C2=O. The first-order valence-corrected chi connectivity index (χ1v) is 10.1. The third-order valence-electron chi connectivity index (χ3n) is 5.70. The molecule has 3 N–H and O–H groups in total. The Balaban J connectivity index is 1.93. The highest BCUT2D eigenvalue weighted by Crippen LogP contribution is 2.51. The molecule has 33 heavy (non-hydrogen) atoms. The van der Waals surface area contributed by atoms with E-state index in [4.69, 9.17) is 17.3 Å². The maximum Gasteiger partial charge on any atom is 0.399 e. The van der Waals surface area contributed by atoms with Crippen LogP contribution in [-0.2, 0) is 9.59 Å². The second-order valence-electron chi connectivity index (χ2n) is 7.71. The lowest BCUT2D eigenvalue weighted by Gasteiger charge is -2.38. The molecule has 1 aromatic carbocycles. The number of halogens is 4. The fourth-order valence-corrected chi connectivity index (χ4v) is 4.39. The Hall–Kier alpha value is -3.47. The van der Waals surface area contributed by atoms with Gasteiger partial charge in [-0.25, -0.2) is 0 Å². The van der Waals surface area contributed by atoms with Crippen molar-refractivity contribution in [3.8, 4) is 0 Å². The molecule has 172 valence electrons. The van der Waals surface area contributed by atoms with Crippen molar-refractivity contribution in [2.24, 2.45) is 5.73 Å². The van der Waals surface area contributed by atoms with Gasteiger partial charge in [-0.15, -0.1) is 0 Å². The van der Waals surface area contributed by atoms with Crippen LogP contribution in [-0.4, -0.2) is 45.7 Å². The molecule has 8 nitrogen and oxygen atoms in total. The molecule has 4 amide bonds. The van der Waals surface area contributed by atoms with E-state index >= 15 is 0 Å². The molecule has 1 fully saturated rings. The van der Waals surface area contributed by atoms with Crippen molar-refractivity contribution < 1.29 is 32.3 Å². The minimum atomic E-state index is -4.91. The zero-order valence-electron chi connectivity index (χ0n) is 16.7. The third kappa shape index (κ3) is 4.04. The standard InChI is InChI=1S/C21H16ClF3N4O4/c22-10-2-4-13(27-8-10)16(21(23,24)25)17-12-7-9(18(26)31)1-3-11(12)20(33)29(17)14-5-6-15(30)28-19(14)32/h1-4,7-8,14,16-17H,5-6H2,(H2,26,31)(H,28,30,32)/t14?,16-,17?/m0/s1. The van der Waals surface area contributed by atoms with Crippen LogP contribution in [0.2, 0.25) is 5.02 Å². The molecule has 0 aliphatic carbocycles. The fraction of sp³-hybridized carbons (Fsp3) is 0.286. The maximum atomic E-state index is 14.5. The van der Waals surface area contributed by atoms with Crippen molar-refractivity contribution in [3.63, 3.8) is 0 Å². The van der Waals surface area contributed by atoms with Gasteiger partial charge < -0.3 is 10.6 Å². The predicted octanol–water partition coefficient (Wildman–Crippen LogP) is 2.48. The van der Waals surface area contributed by atoms with Crippen LogP contribution in [0.1, 0.15) is 56.8 Å². The molecule has 0 radical (unpaired) electrons. The van der Waals surface area contributed by atoms with E-state index in [0.29, 0.717) is 0 Å². The van der Waals surface area contributed by atoms with Crippen molar-refractivity contribution in [2.75, 3.05) is 0 Å². The van der Waals surface area contributed by atoms with E-state index in [0.717, 1.165) is 23.2 Å². The summed E-state index contributed by atoms with van der Waals surface area (Å²) in [5.41, 5.74) is 4.57. The zero-order chi connectivity index (χ0) is 24.1. The van der Waals surface area contributed by atoms with Gasteiger partial charge in [-0.05, 0) is 42.3 Å². The van der Waals surface area contributed by atoms with Crippen molar-refractivity contribution in [3.05, 3.63) is 63.9 Å². The Bertz CT molecular complexity index is 1170. The Morgan fingerprint density at radius 2 is 1.94 bits per heavy atom. The van der Waals surface area contributed by atoms with Crippen LogP contribution in [0.3, 0.4) is 0 Å². The molecule has 3 atom stereocenters. The maximum absolute atomic E-state index is 14.5. The number of nitrogens with zero attached hydrogens (tertiary/aromatic N) is 2. The molecule has 2 unspecified atom stereocenters. The second-order valence-corrected chi connectivity index (χ2v) is 8.15. The summed E-state index contributed by atoms with van der Waals surface area (Å²) in [6.07, 6.45) is -4.16. The summed E-state index contributed by atoms with van der Waals surface area (Å²) in [6.45, 7) is 0. The van der Waals surface area contributed by atoms with Gasteiger partial charge in [-0.3, -0.25) is 29.5 Å². The summed E-state index contributed by atoms with van der Waals surface area (Å²) in [6, 6.07) is 2.82. The first-order valence-electron chi connectivity index (χ1n) is 9.77. The number of primary amides is 1. The molecule has 3 heterocycles. The van der Waals surface area contributed by atoms with Gasteiger partial charge in [0.2, 0.25) is 17.7 Å². The number of imide groups is 1. The highest BCUT2D eigenvalue weighted by Gasteiger charge is 2.56. The smallest absolute Gasteiger partial charge is 0.366 e. The molecule has 2 aliphatic heterocycles. The van der Waals surface area contributed by atoms with Crippen LogP contribution in [0.25, 0.3) is 0 Å². The van der Waals surface area contributed by atoms with Crippen LogP contribution in [0.15, 0.2) is 36.5 Å². The van der Waals surface area contributed by atoms with E-state index in [9.17, 15) is 32.3 Å². The van der Waals surface area contributed by atoms with E-state index < -0.39 is 53.5 Å². The van der Waals surface area contributed by atoms with E-state index in [1.807, 2.05) is 0 Å². The number of rotatable bonds is 4. The molecule has 2 aliphatic rings. The van der Waals surface area contributed by atoms with E-state index in [1.165, 1.54) is 18.2 Å². The van der Waals surface area contributed by atoms with Gasteiger partial charge in [0.25, 0.3) is 5.91 Å². The van der Waals surface area contributed by atoms with Crippen LogP contribution >= 0.6 is 11.6 Å². The number of nitrogens with one attached hydrogen (secondary N) is 1. The summed E-state index contributed by atoms with van der Waals surface area (Å²) >= 11 is 5.79. The number of aromatic nitrogens is 1. The Morgan fingerprint density at radius 3 is 2.52 bits per heavy atom. The lowest BCUT2D eigenvalue weighted by Crippen LogP contribution is -2.54. The first kappa shape index (κ1) is 22.7. The van der Waals surface area contributed by atoms with Gasteiger partial charge in [-0.1, -0.05) is 11.6 Å². The van der Waals surface area contributed by atoms with Crippen LogP contribution < -0.4 is 11.1 Å². The average Bonchev–Trinajstić information content (AvgIpc) is 3.00. The summed E-state index contributed by atoms with van der Waals surface area (Å²) in [4.78, 5) is 53.8. The number of nitrogens with two attached hydrogens (primary N) is 1. The van der Waals surface area contributed by atoms with Crippen LogP contribution in [0.5, 0.6) is 0 Å². The summed E-state index contributed by atoms with van der Waals surface area (Å²) in [5.74, 6) is -5.54. The topological polar surface area (TPSA) is 122 Å². The first-order chi connectivity index (χ1) is 15.5. The number of piperidine rings is 1. The summed E-state index contributed by atoms with van der Waals surface area (Å²) in [5, 5.41) is 2.18. The average molecular weight is 481 g/mol. The highest BCUT2D eigenvalue weighted by atomic mass is 35.5. The van der Waals surface area contributed by atoms with Crippen molar-refractivity contribution >= 4 is 35.2 Å². The molecule has 4 rings (SSSR count). The monoisotopic (exact) mass is 480 g/mol. The van der Waals surface area contributed by atoms with Crippen molar-refractivity contribution in [1.82, 2.24) is 15.2 Å². The number of alkyl halides is 3. The van der Waals surface area contributed by atoms with Crippen LogP contribution in [0, 0.1) is 0 Å². The Morgan fingerprint density at radius 1 is 1.21 bits per heavy atom. The molecule has 1 aromatic heterocycles. The quantitative estimate of drug-likeness (QED) is 0.651. The lowest BCUT2D eigenvalue weighted by atomic mass is 9.87. The molecule has 0 spiro atoms. The van der Waals surface area contributed by atoms with Crippen molar-refractivity contribution in [2.45, 2.75) is 37.0 Å². The van der Waals surface area contributed by atoms with Gasteiger partial charge in [0.15, 0.2) is 0 Å². The molecule has 0 saturated carbocycles. The van der Waals surface area contributed by atoms with E-state index in [-0.39, 0.29) is 34.6 Å². The second kappa shape index (κ2) is 8.14.